The summed E-state index contributed by atoms with van der Waals surface area (Å²) in [5.41, 5.74) is 1.31. The monoisotopic (exact) mass is 360 g/mol. The number of non-ortho nitro benzene ring substituents is 1. The third kappa shape index (κ3) is 3.39. The van der Waals surface area contributed by atoms with Crippen LogP contribution in [0, 0.1) is 10.1 Å². The molecule has 7 nitrogen and oxygen atoms in total. The lowest BCUT2D eigenvalue weighted by molar-refractivity contribution is -0.384. The van der Waals surface area contributed by atoms with Gasteiger partial charge in [-0.05, 0) is 18.2 Å². The van der Waals surface area contributed by atoms with E-state index in [4.69, 9.17) is 11.6 Å². The van der Waals surface area contributed by atoms with Crippen molar-refractivity contribution in [3.05, 3.63) is 68.8 Å². The molecule has 0 atom stereocenters. The Labute approximate surface area is 145 Å². The van der Waals surface area contributed by atoms with Crippen LogP contribution in [0.4, 0.5) is 10.8 Å². The van der Waals surface area contributed by atoms with Crippen LogP contribution in [-0.2, 0) is 0 Å². The number of hydrogen-bond acceptors (Lipinski definition) is 6. The number of anilines is 1. The zero-order chi connectivity index (χ0) is 17.1. The topological polar surface area (TPSA) is 98.0 Å². The van der Waals surface area contributed by atoms with Crippen molar-refractivity contribution in [3.8, 4) is 11.3 Å². The molecule has 1 amide bonds. The fourth-order valence-electron chi connectivity index (χ4n) is 1.94. The van der Waals surface area contributed by atoms with E-state index in [9.17, 15) is 14.9 Å². The molecule has 3 aromatic rings. The molecule has 0 fully saturated rings. The fourth-order valence-corrected chi connectivity index (χ4v) is 2.86. The largest absolute Gasteiger partial charge is 0.298 e. The second-order valence-electron chi connectivity index (χ2n) is 4.65. The van der Waals surface area contributed by atoms with Gasteiger partial charge < -0.3 is 0 Å². The average molecular weight is 361 g/mol. The molecule has 0 aliphatic carbocycles. The van der Waals surface area contributed by atoms with Crippen molar-refractivity contribution in [2.24, 2.45) is 0 Å². The molecule has 0 aliphatic rings. The highest BCUT2D eigenvalue weighted by atomic mass is 35.5. The minimum Gasteiger partial charge on any atom is -0.298 e. The number of nitrogens with one attached hydrogen (secondary N) is 1. The summed E-state index contributed by atoms with van der Waals surface area (Å²) in [6.07, 6.45) is 3.32. The van der Waals surface area contributed by atoms with Gasteiger partial charge in [-0.1, -0.05) is 11.6 Å². The smallest absolute Gasteiger partial charge is 0.270 e. The third-order valence-electron chi connectivity index (χ3n) is 3.09. The molecule has 0 radical (unpaired) electrons. The maximum absolute atomic E-state index is 12.3. The number of halogens is 1. The van der Waals surface area contributed by atoms with Crippen molar-refractivity contribution in [1.82, 2.24) is 9.97 Å². The number of nitro benzene ring substituents is 1. The Morgan fingerprint density at radius 3 is 2.88 bits per heavy atom. The number of carbonyl (C=O) groups excluding carboxylic acids is 1. The van der Waals surface area contributed by atoms with Crippen LogP contribution in [0.2, 0.25) is 5.02 Å². The number of pyridine rings is 1. The van der Waals surface area contributed by atoms with Crippen LogP contribution in [0.25, 0.3) is 11.3 Å². The van der Waals surface area contributed by atoms with Crippen molar-refractivity contribution in [1.29, 1.82) is 0 Å². The van der Waals surface area contributed by atoms with Gasteiger partial charge in [-0.25, -0.2) is 4.98 Å². The second-order valence-corrected chi connectivity index (χ2v) is 5.92. The van der Waals surface area contributed by atoms with Crippen LogP contribution in [0.1, 0.15) is 10.4 Å². The number of aromatic nitrogens is 2. The normalized spacial score (nSPS) is 10.4. The number of carbonyl (C=O) groups is 1. The van der Waals surface area contributed by atoms with Crippen LogP contribution in [0.3, 0.4) is 0 Å². The molecule has 2 heterocycles. The van der Waals surface area contributed by atoms with E-state index in [1.165, 1.54) is 23.5 Å². The zero-order valence-corrected chi connectivity index (χ0v) is 13.5. The zero-order valence-electron chi connectivity index (χ0n) is 12.0. The summed E-state index contributed by atoms with van der Waals surface area (Å²) in [7, 11) is 0. The molecule has 1 N–H and O–H groups in total. The highest BCUT2D eigenvalue weighted by Crippen LogP contribution is 2.26. The summed E-state index contributed by atoms with van der Waals surface area (Å²) in [6.45, 7) is 0. The number of nitro groups is 1. The predicted octanol–water partition coefficient (Wildman–Crippen LogP) is 4.02. The van der Waals surface area contributed by atoms with E-state index < -0.39 is 10.8 Å². The highest BCUT2D eigenvalue weighted by Gasteiger charge is 2.17. The minimum atomic E-state index is -0.586. The van der Waals surface area contributed by atoms with Crippen LogP contribution in [0.15, 0.2) is 48.1 Å². The van der Waals surface area contributed by atoms with Crippen LogP contribution < -0.4 is 5.32 Å². The van der Waals surface area contributed by atoms with Gasteiger partial charge >= 0.3 is 0 Å². The summed E-state index contributed by atoms with van der Waals surface area (Å²) in [5, 5.41) is 15.7. The molecule has 1 aromatic carbocycles. The maximum Gasteiger partial charge on any atom is 0.270 e. The quantitative estimate of drug-likeness (QED) is 0.559. The average Bonchev–Trinajstić information content (AvgIpc) is 3.04. The first kappa shape index (κ1) is 16.0. The lowest BCUT2D eigenvalue weighted by atomic mass is 10.2. The number of hydrogen-bond donors (Lipinski definition) is 1. The number of nitrogens with zero attached hydrogens (tertiary/aromatic N) is 3. The molecule has 0 saturated heterocycles. The Kier molecular flexibility index (Phi) is 4.50. The maximum atomic E-state index is 12.3. The van der Waals surface area contributed by atoms with E-state index in [0.29, 0.717) is 10.8 Å². The van der Waals surface area contributed by atoms with Gasteiger partial charge in [-0.2, -0.15) is 0 Å². The Morgan fingerprint density at radius 1 is 1.33 bits per heavy atom. The summed E-state index contributed by atoms with van der Waals surface area (Å²) < 4.78 is 0. The van der Waals surface area contributed by atoms with Crippen LogP contribution in [0.5, 0.6) is 0 Å². The van der Waals surface area contributed by atoms with Gasteiger partial charge in [-0.3, -0.25) is 25.2 Å². The van der Waals surface area contributed by atoms with Gasteiger partial charge in [0.05, 0.1) is 21.2 Å². The molecule has 0 aliphatic heterocycles. The Hall–Kier alpha value is -2.84. The van der Waals surface area contributed by atoms with Gasteiger partial charge in [-0.15, -0.1) is 11.3 Å². The molecular formula is C15H9ClN4O3S. The molecule has 24 heavy (non-hydrogen) atoms. The Morgan fingerprint density at radius 2 is 2.17 bits per heavy atom. The van der Waals surface area contributed by atoms with E-state index >= 15 is 0 Å². The number of rotatable bonds is 4. The standard InChI is InChI=1S/C15H9ClN4O3S/c16-12-4-3-10(20(22)23)6-11(12)14(21)19-15-18-13(8-24-15)9-2-1-5-17-7-9/h1-8H,(H,18,19,21). The van der Waals surface area contributed by atoms with Crippen molar-refractivity contribution < 1.29 is 9.72 Å². The van der Waals surface area contributed by atoms with Gasteiger partial charge in [0, 0.05) is 35.5 Å². The molecule has 0 unspecified atom stereocenters. The minimum absolute atomic E-state index is 0.0176. The summed E-state index contributed by atoms with van der Waals surface area (Å²) >= 11 is 7.19. The van der Waals surface area contributed by atoms with E-state index in [0.717, 1.165) is 11.6 Å². The summed E-state index contributed by atoms with van der Waals surface area (Å²) in [5.74, 6) is -0.559. The molecule has 120 valence electrons. The number of amides is 1. The molecule has 0 spiro atoms. The summed E-state index contributed by atoms with van der Waals surface area (Å²) in [6, 6.07) is 7.33. The van der Waals surface area contributed by atoms with Gasteiger partial charge in [0.15, 0.2) is 5.13 Å². The fraction of sp³-hybridized carbons (Fsp3) is 0. The van der Waals surface area contributed by atoms with E-state index in [-0.39, 0.29) is 16.3 Å². The first-order chi connectivity index (χ1) is 11.5. The van der Waals surface area contributed by atoms with Crippen LogP contribution in [-0.4, -0.2) is 20.8 Å². The van der Waals surface area contributed by atoms with Crippen molar-refractivity contribution in [3.63, 3.8) is 0 Å². The van der Waals surface area contributed by atoms with Gasteiger partial charge in [0.2, 0.25) is 0 Å². The highest BCUT2D eigenvalue weighted by molar-refractivity contribution is 7.14. The van der Waals surface area contributed by atoms with E-state index in [1.54, 1.807) is 23.8 Å². The number of benzene rings is 1. The molecule has 0 saturated carbocycles. The van der Waals surface area contributed by atoms with Crippen molar-refractivity contribution in [2.45, 2.75) is 0 Å². The van der Waals surface area contributed by atoms with Crippen molar-refractivity contribution >= 4 is 39.7 Å². The van der Waals surface area contributed by atoms with Gasteiger partial charge in [0.1, 0.15) is 0 Å². The lowest BCUT2D eigenvalue weighted by Crippen LogP contribution is -2.12. The molecule has 9 heteroatoms. The SMILES string of the molecule is O=C(Nc1nc(-c2cccnc2)cs1)c1cc([N+](=O)[O-])ccc1Cl. The molecule has 3 rings (SSSR count). The number of thiazole rings is 1. The first-order valence-corrected chi connectivity index (χ1v) is 7.91. The Balaban J connectivity index is 1.82. The van der Waals surface area contributed by atoms with Crippen LogP contribution >= 0.6 is 22.9 Å². The van der Waals surface area contributed by atoms with Gasteiger partial charge in [0.25, 0.3) is 11.6 Å². The van der Waals surface area contributed by atoms with E-state index in [2.05, 4.69) is 15.3 Å². The Bertz CT molecular complexity index is 914. The first-order valence-electron chi connectivity index (χ1n) is 6.66. The lowest BCUT2D eigenvalue weighted by Gasteiger charge is -2.04. The molecule has 2 aromatic heterocycles. The third-order valence-corrected chi connectivity index (χ3v) is 4.17. The second kappa shape index (κ2) is 6.73. The summed E-state index contributed by atoms with van der Waals surface area (Å²) in [4.78, 5) is 30.8. The van der Waals surface area contributed by atoms with Crippen molar-refractivity contribution in [2.75, 3.05) is 5.32 Å². The van der Waals surface area contributed by atoms with E-state index in [1.807, 2.05) is 6.07 Å². The molecule has 0 bridgehead atoms. The predicted molar refractivity (Wildman–Crippen MR) is 91.4 cm³/mol. The molecular weight excluding hydrogens is 352 g/mol.